The van der Waals surface area contributed by atoms with Gasteiger partial charge in [0.25, 0.3) is 0 Å². The van der Waals surface area contributed by atoms with Crippen molar-refractivity contribution in [2.45, 2.75) is 11.9 Å². The first kappa shape index (κ1) is 19.4. The van der Waals surface area contributed by atoms with E-state index in [1.807, 2.05) is 19.1 Å². The number of rotatable bonds is 5. The van der Waals surface area contributed by atoms with E-state index in [-0.39, 0.29) is 28.6 Å². The molecule has 0 aliphatic carbocycles. The zero-order valence-electron chi connectivity index (χ0n) is 14.0. The number of aryl methyl sites for hydroxylation is 1. The van der Waals surface area contributed by atoms with E-state index in [0.717, 1.165) is 17.3 Å². The number of carbonyl (C=O) groups excluding carboxylic acids is 1. The summed E-state index contributed by atoms with van der Waals surface area (Å²) in [5.41, 5.74) is 7.27. The number of nitrogens with two attached hydrogens (primary N) is 1. The second-order valence-corrected chi connectivity index (χ2v) is 6.51. The quantitative estimate of drug-likeness (QED) is 0.755. The summed E-state index contributed by atoms with van der Waals surface area (Å²) < 4.78 is 5.21. The number of carbonyl (C=O) groups is 1. The maximum atomic E-state index is 12.2. The highest BCUT2D eigenvalue weighted by molar-refractivity contribution is 8.00. The van der Waals surface area contributed by atoms with Crippen LogP contribution < -0.4 is 15.8 Å². The summed E-state index contributed by atoms with van der Waals surface area (Å²) in [6.45, 7) is 1.81. The predicted molar refractivity (Wildman–Crippen MR) is 100 cm³/mol. The fraction of sp³-hybridized carbons (Fsp3) is 0.176. The monoisotopic (exact) mass is 387 g/mol. The first-order chi connectivity index (χ1) is 12.4. The fourth-order valence-electron chi connectivity index (χ4n) is 2.04. The van der Waals surface area contributed by atoms with Gasteiger partial charge in [-0.1, -0.05) is 23.4 Å². The Morgan fingerprint density at radius 2 is 2.04 bits per heavy atom. The SMILES string of the molecule is COc1cc(Cl)c(C)cc1NC(=O)CSc1nc(N)c(C#N)cc1C#N. The molecule has 1 aromatic heterocycles. The zero-order chi connectivity index (χ0) is 19.3. The summed E-state index contributed by atoms with van der Waals surface area (Å²) in [5, 5.41) is 21.7. The molecule has 9 heteroatoms. The number of anilines is 2. The number of hydrogen-bond acceptors (Lipinski definition) is 7. The molecule has 0 bridgehead atoms. The van der Waals surface area contributed by atoms with E-state index in [9.17, 15) is 10.1 Å². The van der Waals surface area contributed by atoms with Gasteiger partial charge in [-0.3, -0.25) is 4.79 Å². The Hall–Kier alpha value is -2.94. The minimum Gasteiger partial charge on any atom is -0.495 e. The largest absolute Gasteiger partial charge is 0.495 e. The maximum Gasteiger partial charge on any atom is 0.234 e. The highest BCUT2D eigenvalue weighted by Gasteiger charge is 2.14. The number of halogens is 1. The molecule has 0 radical (unpaired) electrons. The fourth-order valence-corrected chi connectivity index (χ4v) is 2.96. The number of nitriles is 2. The van der Waals surface area contributed by atoms with Gasteiger partial charge in [-0.05, 0) is 24.6 Å². The lowest BCUT2D eigenvalue weighted by Gasteiger charge is -2.12. The number of ether oxygens (including phenoxy) is 1. The van der Waals surface area contributed by atoms with Gasteiger partial charge >= 0.3 is 0 Å². The number of methoxy groups -OCH3 is 1. The number of nitrogen functional groups attached to an aromatic ring is 1. The Kier molecular flexibility index (Phi) is 6.29. The Balaban J connectivity index is 2.13. The molecule has 1 aromatic carbocycles. The van der Waals surface area contributed by atoms with Crippen LogP contribution in [0, 0.1) is 29.6 Å². The van der Waals surface area contributed by atoms with Crippen LogP contribution in [0.2, 0.25) is 5.02 Å². The Morgan fingerprint density at radius 3 is 2.65 bits per heavy atom. The number of amides is 1. The van der Waals surface area contributed by atoms with E-state index >= 15 is 0 Å². The normalized spacial score (nSPS) is 9.88. The third-order valence-electron chi connectivity index (χ3n) is 3.35. The van der Waals surface area contributed by atoms with Gasteiger partial charge in [0.2, 0.25) is 5.91 Å². The molecule has 0 aliphatic rings. The molecule has 0 spiro atoms. The lowest BCUT2D eigenvalue weighted by molar-refractivity contribution is -0.113. The van der Waals surface area contributed by atoms with Crippen LogP contribution in [0.4, 0.5) is 11.5 Å². The summed E-state index contributed by atoms with van der Waals surface area (Å²) in [6.07, 6.45) is 0. The van der Waals surface area contributed by atoms with E-state index in [0.29, 0.717) is 21.5 Å². The third-order valence-corrected chi connectivity index (χ3v) is 4.75. The molecule has 0 aliphatic heterocycles. The number of aromatic nitrogens is 1. The Labute approximate surface area is 159 Å². The molecule has 26 heavy (non-hydrogen) atoms. The standard InChI is InChI=1S/C17H14ClN5O2S/c1-9-3-13(14(25-2)5-12(9)18)22-15(24)8-26-17-11(7-20)4-10(6-19)16(21)23-17/h3-5H,8H2,1-2H3,(H2,21,23)(H,22,24). The van der Waals surface area contributed by atoms with Crippen molar-refractivity contribution in [2.24, 2.45) is 0 Å². The lowest BCUT2D eigenvalue weighted by atomic mass is 10.2. The second kappa shape index (κ2) is 8.43. The lowest BCUT2D eigenvalue weighted by Crippen LogP contribution is -2.15. The van der Waals surface area contributed by atoms with E-state index in [4.69, 9.17) is 27.3 Å². The Bertz CT molecular complexity index is 950. The van der Waals surface area contributed by atoms with Gasteiger partial charge in [-0.2, -0.15) is 10.5 Å². The summed E-state index contributed by atoms with van der Waals surface area (Å²) >= 11 is 7.10. The average Bonchev–Trinajstić information content (AvgIpc) is 2.62. The van der Waals surface area contributed by atoms with Gasteiger partial charge in [0, 0.05) is 11.1 Å². The van der Waals surface area contributed by atoms with Crippen LogP contribution in [0.5, 0.6) is 5.75 Å². The highest BCUT2D eigenvalue weighted by atomic mass is 35.5. The van der Waals surface area contributed by atoms with Crippen molar-refractivity contribution in [3.63, 3.8) is 0 Å². The summed E-state index contributed by atoms with van der Waals surface area (Å²) in [4.78, 5) is 16.3. The molecule has 0 fully saturated rings. The van der Waals surface area contributed by atoms with Gasteiger partial charge in [-0.25, -0.2) is 4.98 Å². The molecule has 7 nitrogen and oxygen atoms in total. The molecular formula is C17H14ClN5O2S. The molecular weight excluding hydrogens is 374 g/mol. The van der Waals surface area contributed by atoms with E-state index < -0.39 is 0 Å². The van der Waals surface area contributed by atoms with Gasteiger partial charge in [0.15, 0.2) is 0 Å². The first-order valence-corrected chi connectivity index (χ1v) is 8.63. The number of pyridine rings is 1. The minimum absolute atomic E-state index is 0.00213. The summed E-state index contributed by atoms with van der Waals surface area (Å²) in [6, 6.07) is 8.50. The Morgan fingerprint density at radius 1 is 1.35 bits per heavy atom. The van der Waals surface area contributed by atoms with Crippen LogP contribution in [0.25, 0.3) is 0 Å². The van der Waals surface area contributed by atoms with Crippen molar-refractivity contribution in [1.82, 2.24) is 4.98 Å². The van der Waals surface area contributed by atoms with Crippen LogP contribution in [-0.2, 0) is 4.79 Å². The minimum atomic E-state index is -0.316. The molecule has 1 amide bonds. The maximum absolute atomic E-state index is 12.2. The number of nitrogens with one attached hydrogen (secondary N) is 1. The molecule has 132 valence electrons. The van der Waals surface area contributed by atoms with E-state index in [1.54, 1.807) is 12.1 Å². The van der Waals surface area contributed by atoms with Crippen LogP contribution >= 0.6 is 23.4 Å². The summed E-state index contributed by atoms with van der Waals surface area (Å²) in [5.74, 6) is 0.142. The molecule has 1 heterocycles. The van der Waals surface area contributed by atoms with Crippen molar-refractivity contribution in [3.05, 3.63) is 39.9 Å². The molecule has 2 aromatic rings. The van der Waals surface area contributed by atoms with Crippen LogP contribution in [-0.4, -0.2) is 23.8 Å². The average molecular weight is 388 g/mol. The van der Waals surface area contributed by atoms with Gasteiger partial charge < -0.3 is 15.8 Å². The number of thioether (sulfide) groups is 1. The smallest absolute Gasteiger partial charge is 0.234 e. The molecule has 0 saturated carbocycles. The van der Waals surface area contributed by atoms with Crippen molar-refractivity contribution in [1.29, 1.82) is 10.5 Å². The third kappa shape index (κ3) is 4.37. The van der Waals surface area contributed by atoms with E-state index in [2.05, 4.69) is 10.3 Å². The molecule has 0 atom stereocenters. The van der Waals surface area contributed by atoms with Gasteiger partial charge in [-0.15, -0.1) is 0 Å². The predicted octanol–water partition coefficient (Wildman–Crippen LogP) is 3.11. The molecule has 0 unspecified atom stereocenters. The van der Waals surface area contributed by atoms with Crippen LogP contribution in [0.15, 0.2) is 23.2 Å². The molecule has 0 saturated heterocycles. The highest BCUT2D eigenvalue weighted by Crippen LogP contribution is 2.31. The van der Waals surface area contributed by atoms with E-state index in [1.165, 1.54) is 13.2 Å². The summed E-state index contributed by atoms with van der Waals surface area (Å²) in [7, 11) is 1.48. The van der Waals surface area contributed by atoms with Crippen molar-refractivity contribution >= 4 is 40.8 Å². The van der Waals surface area contributed by atoms with Gasteiger partial charge in [0.05, 0.1) is 29.7 Å². The van der Waals surface area contributed by atoms with Gasteiger partial charge in [0.1, 0.15) is 28.7 Å². The van der Waals surface area contributed by atoms with Crippen LogP contribution in [0.3, 0.4) is 0 Å². The van der Waals surface area contributed by atoms with Crippen molar-refractivity contribution in [3.8, 4) is 17.9 Å². The van der Waals surface area contributed by atoms with Crippen molar-refractivity contribution in [2.75, 3.05) is 23.9 Å². The molecule has 3 N–H and O–H groups in total. The molecule has 2 rings (SSSR count). The first-order valence-electron chi connectivity index (χ1n) is 7.27. The zero-order valence-corrected chi connectivity index (χ0v) is 15.5. The van der Waals surface area contributed by atoms with Crippen molar-refractivity contribution < 1.29 is 9.53 Å². The van der Waals surface area contributed by atoms with Crippen LogP contribution in [0.1, 0.15) is 16.7 Å². The second-order valence-electron chi connectivity index (χ2n) is 5.14. The number of nitrogens with zero attached hydrogens (tertiary/aromatic N) is 3. The number of hydrogen-bond donors (Lipinski definition) is 2. The topological polar surface area (TPSA) is 125 Å². The number of benzene rings is 1.